The Kier molecular flexibility index (Phi) is 3.87. The standard InChI is InChI=1S/C15H14BrClN4/c1-9-12-5-10(8-19-15(12)21(2)20-9)7-18-11-3-4-14(17)13(16)6-11/h3-6,8,18H,7H2,1-2H3. The molecule has 0 saturated carbocycles. The molecule has 0 unspecified atom stereocenters. The monoisotopic (exact) mass is 364 g/mol. The van der Waals surface area contributed by atoms with Gasteiger partial charge in [0.05, 0.1) is 10.7 Å². The average molecular weight is 366 g/mol. The van der Waals surface area contributed by atoms with Gasteiger partial charge in [-0.15, -0.1) is 0 Å². The maximum Gasteiger partial charge on any atom is 0.157 e. The number of fused-ring (bicyclic) bond motifs is 1. The van der Waals surface area contributed by atoms with Gasteiger partial charge in [-0.3, -0.25) is 4.68 Å². The van der Waals surface area contributed by atoms with Gasteiger partial charge in [-0.05, 0) is 52.7 Å². The van der Waals surface area contributed by atoms with Crippen LogP contribution in [0.2, 0.25) is 5.02 Å². The Morgan fingerprint density at radius 2 is 2.14 bits per heavy atom. The third-order valence-corrected chi connectivity index (χ3v) is 4.55. The van der Waals surface area contributed by atoms with Gasteiger partial charge in [-0.2, -0.15) is 5.10 Å². The van der Waals surface area contributed by atoms with E-state index in [-0.39, 0.29) is 0 Å². The van der Waals surface area contributed by atoms with Crippen LogP contribution in [0.25, 0.3) is 11.0 Å². The van der Waals surface area contributed by atoms with Crippen LogP contribution in [0.4, 0.5) is 5.69 Å². The maximum absolute atomic E-state index is 5.99. The van der Waals surface area contributed by atoms with Gasteiger partial charge >= 0.3 is 0 Å². The molecule has 2 heterocycles. The van der Waals surface area contributed by atoms with Crippen molar-refractivity contribution >= 4 is 44.3 Å². The second-order valence-corrected chi connectivity index (χ2v) is 6.17. The van der Waals surface area contributed by atoms with Crippen LogP contribution in [0, 0.1) is 6.92 Å². The number of nitrogens with zero attached hydrogens (tertiary/aromatic N) is 3. The minimum Gasteiger partial charge on any atom is -0.381 e. The number of benzene rings is 1. The summed E-state index contributed by atoms with van der Waals surface area (Å²) in [5.74, 6) is 0. The van der Waals surface area contributed by atoms with Crippen molar-refractivity contribution in [3.05, 3.63) is 51.2 Å². The largest absolute Gasteiger partial charge is 0.381 e. The first-order chi connectivity index (χ1) is 10.0. The molecule has 0 aliphatic carbocycles. The first kappa shape index (κ1) is 14.4. The van der Waals surface area contributed by atoms with Crippen molar-refractivity contribution in [3.8, 4) is 0 Å². The Hall–Kier alpha value is -1.59. The van der Waals surface area contributed by atoms with Crippen LogP contribution in [0.5, 0.6) is 0 Å². The molecule has 0 aliphatic rings. The highest BCUT2D eigenvalue weighted by atomic mass is 79.9. The molecular formula is C15H14BrClN4. The Balaban J connectivity index is 1.81. The van der Waals surface area contributed by atoms with Gasteiger partial charge in [-0.25, -0.2) is 4.98 Å². The molecule has 4 nitrogen and oxygen atoms in total. The van der Waals surface area contributed by atoms with E-state index in [0.717, 1.165) is 32.5 Å². The molecule has 0 aliphatic heterocycles. The molecule has 0 fully saturated rings. The van der Waals surface area contributed by atoms with E-state index in [1.54, 1.807) is 4.68 Å². The normalized spacial score (nSPS) is 11.0. The number of halogens is 2. The second-order valence-electron chi connectivity index (χ2n) is 4.91. The third kappa shape index (κ3) is 2.89. The number of aryl methyl sites for hydroxylation is 2. The number of aromatic nitrogens is 3. The predicted octanol–water partition coefficient (Wildman–Crippen LogP) is 4.30. The lowest BCUT2D eigenvalue weighted by Gasteiger charge is -2.08. The molecular weight excluding hydrogens is 352 g/mol. The van der Waals surface area contributed by atoms with Crippen LogP contribution >= 0.6 is 27.5 Å². The van der Waals surface area contributed by atoms with Gasteiger partial charge in [0, 0.05) is 35.3 Å². The molecule has 2 aromatic heterocycles. The summed E-state index contributed by atoms with van der Waals surface area (Å²) in [4.78, 5) is 4.48. The molecule has 108 valence electrons. The number of rotatable bonds is 3. The minimum atomic E-state index is 0.700. The van der Waals surface area contributed by atoms with Crippen molar-refractivity contribution in [1.29, 1.82) is 0 Å². The van der Waals surface area contributed by atoms with E-state index < -0.39 is 0 Å². The molecule has 3 rings (SSSR count). The molecule has 0 bridgehead atoms. The van der Waals surface area contributed by atoms with Crippen molar-refractivity contribution in [1.82, 2.24) is 14.8 Å². The highest BCUT2D eigenvalue weighted by molar-refractivity contribution is 9.10. The van der Waals surface area contributed by atoms with E-state index >= 15 is 0 Å². The molecule has 1 aromatic carbocycles. The summed E-state index contributed by atoms with van der Waals surface area (Å²) in [6, 6.07) is 7.90. The van der Waals surface area contributed by atoms with Crippen LogP contribution in [-0.4, -0.2) is 14.8 Å². The fraction of sp³-hybridized carbons (Fsp3) is 0.200. The number of hydrogen-bond donors (Lipinski definition) is 1. The predicted molar refractivity (Wildman–Crippen MR) is 89.7 cm³/mol. The summed E-state index contributed by atoms with van der Waals surface area (Å²) in [5, 5.41) is 9.54. The van der Waals surface area contributed by atoms with Gasteiger partial charge in [0.25, 0.3) is 0 Å². The molecule has 0 atom stereocenters. The molecule has 0 saturated heterocycles. The van der Waals surface area contributed by atoms with E-state index in [2.05, 4.69) is 37.4 Å². The molecule has 6 heteroatoms. The lowest BCUT2D eigenvalue weighted by Crippen LogP contribution is -2.00. The van der Waals surface area contributed by atoms with E-state index in [9.17, 15) is 0 Å². The third-order valence-electron chi connectivity index (χ3n) is 3.34. The number of pyridine rings is 1. The van der Waals surface area contributed by atoms with Gasteiger partial charge in [0.1, 0.15) is 0 Å². The maximum atomic E-state index is 5.99. The van der Waals surface area contributed by atoms with Gasteiger partial charge in [0.2, 0.25) is 0 Å². The van der Waals surface area contributed by atoms with E-state index in [1.807, 2.05) is 38.4 Å². The zero-order valence-corrected chi connectivity index (χ0v) is 14.0. The van der Waals surface area contributed by atoms with Crippen molar-refractivity contribution in [2.24, 2.45) is 7.05 Å². The SMILES string of the molecule is Cc1nn(C)c2ncc(CNc3ccc(Cl)c(Br)c3)cc12. The summed E-state index contributed by atoms with van der Waals surface area (Å²) >= 11 is 9.41. The summed E-state index contributed by atoms with van der Waals surface area (Å²) in [6.45, 7) is 2.70. The summed E-state index contributed by atoms with van der Waals surface area (Å²) in [7, 11) is 1.91. The van der Waals surface area contributed by atoms with E-state index in [1.165, 1.54) is 0 Å². The lowest BCUT2D eigenvalue weighted by molar-refractivity contribution is 0.773. The summed E-state index contributed by atoms with van der Waals surface area (Å²) in [6.07, 6.45) is 1.88. The summed E-state index contributed by atoms with van der Waals surface area (Å²) < 4.78 is 2.68. The zero-order chi connectivity index (χ0) is 15.0. The van der Waals surface area contributed by atoms with Crippen molar-refractivity contribution in [2.45, 2.75) is 13.5 Å². The summed E-state index contributed by atoms with van der Waals surface area (Å²) in [5.41, 5.74) is 4.03. The van der Waals surface area contributed by atoms with E-state index in [0.29, 0.717) is 11.6 Å². The molecule has 0 amide bonds. The highest BCUT2D eigenvalue weighted by Crippen LogP contribution is 2.26. The van der Waals surface area contributed by atoms with Crippen LogP contribution in [0.15, 0.2) is 34.9 Å². The number of anilines is 1. The minimum absolute atomic E-state index is 0.700. The Bertz CT molecular complexity index is 813. The molecule has 3 aromatic rings. The van der Waals surface area contributed by atoms with Crippen molar-refractivity contribution in [2.75, 3.05) is 5.32 Å². The average Bonchev–Trinajstić information content (AvgIpc) is 2.75. The van der Waals surface area contributed by atoms with Gasteiger partial charge < -0.3 is 5.32 Å². The van der Waals surface area contributed by atoms with Crippen molar-refractivity contribution in [3.63, 3.8) is 0 Å². The van der Waals surface area contributed by atoms with Gasteiger partial charge in [0.15, 0.2) is 5.65 Å². The Labute approximate surface area is 136 Å². The van der Waals surface area contributed by atoms with Gasteiger partial charge in [-0.1, -0.05) is 11.6 Å². The van der Waals surface area contributed by atoms with Crippen molar-refractivity contribution < 1.29 is 0 Å². The smallest absolute Gasteiger partial charge is 0.157 e. The lowest BCUT2D eigenvalue weighted by atomic mass is 10.2. The number of hydrogen-bond acceptors (Lipinski definition) is 3. The topological polar surface area (TPSA) is 42.7 Å². The molecule has 0 spiro atoms. The van der Waals surface area contributed by atoms with Crippen LogP contribution in [-0.2, 0) is 13.6 Å². The fourth-order valence-corrected chi connectivity index (χ4v) is 2.75. The molecule has 1 N–H and O–H groups in total. The highest BCUT2D eigenvalue weighted by Gasteiger charge is 2.07. The Morgan fingerprint density at radius 3 is 2.90 bits per heavy atom. The zero-order valence-electron chi connectivity index (χ0n) is 11.7. The first-order valence-corrected chi connectivity index (χ1v) is 7.69. The first-order valence-electron chi connectivity index (χ1n) is 6.52. The van der Waals surface area contributed by atoms with Crippen LogP contribution in [0.1, 0.15) is 11.3 Å². The number of nitrogens with one attached hydrogen (secondary N) is 1. The fourth-order valence-electron chi connectivity index (χ4n) is 2.26. The second kappa shape index (κ2) is 5.66. The molecule has 0 radical (unpaired) electrons. The molecule has 21 heavy (non-hydrogen) atoms. The van der Waals surface area contributed by atoms with Crippen LogP contribution < -0.4 is 5.32 Å². The quantitative estimate of drug-likeness (QED) is 0.752. The Morgan fingerprint density at radius 1 is 1.33 bits per heavy atom. The van der Waals surface area contributed by atoms with E-state index in [4.69, 9.17) is 11.6 Å². The van der Waals surface area contributed by atoms with Crippen LogP contribution in [0.3, 0.4) is 0 Å².